The molecule has 0 saturated carbocycles. The molecule has 0 spiro atoms. The van der Waals surface area contributed by atoms with Crippen LogP contribution >= 0.6 is 0 Å². The summed E-state index contributed by atoms with van der Waals surface area (Å²) in [6, 6.07) is 15.1. The fourth-order valence-corrected chi connectivity index (χ4v) is 2.61. The summed E-state index contributed by atoms with van der Waals surface area (Å²) in [6.07, 6.45) is 0. The Labute approximate surface area is 142 Å². The lowest BCUT2D eigenvalue weighted by molar-refractivity contribution is 0.300. The minimum absolute atomic E-state index is 0.0963. The average Bonchev–Trinajstić information content (AvgIpc) is 3.04. The van der Waals surface area contributed by atoms with Crippen molar-refractivity contribution in [3.05, 3.63) is 59.7 Å². The summed E-state index contributed by atoms with van der Waals surface area (Å²) in [5.41, 5.74) is 3.22. The van der Waals surface area contributed by atoms with Gasteiger partial charge in [0.2, 0.25) is 0 Å². The van der Waals surface area contributed by atoms with E-state index in [0.717, 1.165) is 5.56 Å². The minimum atomic E-state index is -1.56. The van der Waals surface area contributed by atoms with Crippen LogP contribution in [0.4, 0.5) is 5.69 Å². The summed E-state index contributed by atoms with van der Waals surface area (Å²) in [7, 11) is -1.56. The second kappa shape index (κ2) is 6.30. The Morgan fingerprint density at radius 1 is 1.04 bits per heavy atom. The predicted octanol–water partition coefficient (Wildman–Crippen LogP) is 1.82. The minimum Gasteiger partial charge on any atom is -0.423 e. The molecule has 2 aromatic rings. The van der Waals surface area contributed by atoms with Gasteiger partial charge in [0.1, 0.15) is 6.67 Å². The first-order valence-corrected chi connectivity index (χ1v) is 7.92. The molecule has 124 valence electrons. The third kappa shape index (κ3) is 3.30. The van der Waals surface area contributed by atoms with E-state index in [0.29, 0.717) is 23.7 Å². The zero-order valence-electron chi connectivity index (χ0n) is 14.1. The van der Waals surface area contributed by atoms with Gasteiger partial charge in [0, 0.05) is 11.0 Å². The summed E-state index contributed by atoms with van der Waals surface area (Å²) >= 11 is 0. The number of aliphatic imine (C=N–C) groups is 1. The van der Waals surface area contributed by atoms with Crippen LogP contribution in [0.2, 0.25) is 0 Å². The van der Waals surface area contributed by atoms with Gasteiger partial charge in [-0.15, -0.1) is 0 Å². The van der Waals surface area contributed by atoms with Crippen molar-refractivity contribution in [3.8, 4) is 0 Å². The summed E-state index contributed by atoms with van der Waals surface area (Å²) in [5.74, 6) is 0.526. The molecule has 0 aliphatic carbocycles. The maximum absolute atomic E-state index is 9.49. The Balaban J connectivity index is 1.78. The number of hydrogen-bond donors (Lipinski definition) is 2. The molecule has 1 aliphatic rings. The third-order valence-electron chi connectivity index (χ3n) is 4.02. The van der Waals surface area contributed by atoms with E-state index >= 15 is 0 Å². The monoisotopic (exact) mass is 324 g/mol. The third-order valence-corrected chi connectivity index (χ3v) is 4.02. The van der Waals surface area contributed by atoms with Crippen LogP contribution in [0.25, 0.3) is 0 Å². The van der Waals surface area contributed by atoms with Gasteiger partial charge in [0.15, 0.2) is 0 Å². The maximum atomic E-state index is 9.49. The van der Waals surface area contributed by atoms with Crippen LogP contribution in [0.1, 0.15) is 31.9 Å². The van der Waals surface area contributed by atoms with E-state index in [4.69, 9.17) is 4.84 Å². The Bertz CT molecular complexity index is 752. The van der Waals surface area contributed by atoms with Gasteiger partial charge in [-0.2, -0.15) is 5.06 Å². The molecule has 0 bridgehead atoms. The van der Waals surface area contributed by atoms with Crippen molar-refractivity contribution in [1.82, 2.24) is 0 Å². The van der Waals surface area contributed by atoms with Gasteiger partial charge in [-0.05, 0) is 29.2 Å². The average molecular weight is 324 g/mol. The molecular weight excluding hydrogens is 303 g/mol. The normalized spacial score (nSPS) is 14.4. The second-order valence-corrected chi connectivity index (χ2v) is 6.83. The Morgan fingerprint density at radius 2 is 1.71 bits per heavy atom. The zero-order chi connectivity index (χ0) is 17.3. The van der Waals surface area contributed by atoms with E-state index < -0.39 is 7.12 Å². The van der Waals surface area contributed by atoms with Gasteiger partial charge < -0.3 is 14.9 Å². The number of para-hydroxylation sites is 1. The second-order valence-electron chi connectivity index (χ2n) is 6.83. The van der Waals surface area contributed by atoms with Crippen LogP contribution in [0.3, 0.4) is 0 Å². The van der Waals surface area contributed by atoms with Crippen LogP contribution in [-0.4, -0.2) is 29.7 Å². The van der Waals surface area contributed by atoms with Crippen molar-refractivity contribution < 1.29 is 14.9 Å². The SMILES string of the molecule is CC(C)(C)c1ccc(C2=NCN(c3ccccc3B(O)O)O2)cc1. The first-order valence-electron chi connectivity index (χ1n) is 7.92. The smallest absolute Gasteiger partial charge is 0.423 e. The summed E-state index contributed by atoms with van der Waals surface area (Å²) in [5, 5.41) is 20.5. The molecule has 1 aliphatic heterocycles. The number of anilines is 1. The highest BCUT2D eigenvalue weighted by molar-refractivity contribution is 6.60. The molecular formula is C18H21BN2O3. The van der Waals surface area contributed by atoms with Gasteiger partial charge >= 0.3 is 7.12 Å². The van der Waals surface area contributed by atoms with Gasteiger partial charge in [0.25, 0.3) is 5.90 Å². The number of nitrogens with zero attached hydrogens (tertiary/aromatic N) is 2. The van der Waals surface area contributed by atoms with Gasteiger partial charge in [0.05, 0.1) is 5.69 Å². The van der Waals surface area contributed by atoms with Gasteiger partial charge in [-0.3, -0.25) is 0 Å². The lowest BCUT2D eigenvalue weighted by atomic mass is 9.79. The standard InChI is InChI=1S/C18H21BN2O3/c1-18(2,3)14-10-8-13(9-11-14)17-20-12-21(24-17)16-7-5-4-6-15(16)19(22)23/h4-11,22-23H,12H2,1-3H3. The molecule has 2 N–H and O–H groups in total. The molecule has 0 atom stereocenters. The van der Waals surface area contributed by atoms with Crippen molar-refractivity contribution in [1.29, 1.82) is 0 Å². The van der Waals surface area contributed by atoms with Gasteiger partial charge in [-0.1, -0.05) is 51.1 Å². The first kappa shape index (κ1) is 16.5. The lowest BCUT2D eigenvalue weighted by Gasteiger charge is -2.20. The zero-order valence-corrected chi connectivity index (χ0v) is 14.1. The molecule has 2 aromatic carbocycles. The quantitative estimate of drug-likeness (QED) is 0.846. The van der Waals surface area contributed by atoms with E-state index in [1.807, 2.05) is 18.2 Å². The van der Waals surface area contributed by atoms with Crippen molar-refractivity contribution in [2.75, 3.05) is 11.7 Å². The highest BCUT2D eigenvalue weighted by atomic mass is 16.7. The number of benzene rings is 2. The molecule has 0 fully saturated rings. The van der Waals surface area contributed by atoms with Crippen LogP contribution < -0.4 is 10.5 Å². The topological polar surface area (TPSA) is 65.3 Å². The highest BCUT2D eigenvalue weighted by Crippen LogP contribution is 2.24. The van der Waals surface area contributed by atoms with Crippen molar-refractivity contribution in [2.45, 2.75) is 26.2 Å². The number of hydroxylamine groups is 1. The van der Waals surface area contributed by atoms with Crippen molar-refractivity contribution in [2.24, 2.45) is 4.99 Å². The molecule has 0 unspecified atom stereocenters. The molecule has 6 heteroatoms. The molecule has 0 saturated heterocycles. The van der Waals surface area contributed by atoms with E-state index in [-0.39, 0.29) is 5.41 Å². The van der Waals surface area contributed by atoms with Crippen LogP contribution in [-0.2, 0) is 10.3 Å². The highest BCUT2D eigenvalue weighted by Gasteiger charge is 2.25. The molecule has 5 nitrogen and oxygen atoms in total. The Kier molecular flexibility index (Phi) is 4.34. The fraction of sp³-hybridized carbons (Fsp3) is 0.278. The summed E-state index contributed by atoms with van der Waals surface area (Å²) in [4.78, 5) is 10.2. The number of hydrogen-bond acceptors (Lipinski definition) is 5. The van der Waals surface area contributed by atoms with E-state index in [9.17, 15) is 10.0 Å². The molecule has 0 radical (unpaired) electrons. The first-order chi connectivity index (χ1) is 11.4. The Morgan fingerprint density at radius 3 is 2.33 bits per heavy atom. The number of rotatable bonds is 3. The molecule has 0 amide bonds. The summed E-state index contributed by atoms with van der Waals surface area (Å²) < 4.78 is 0. The molecule has 3 rings (SSSR count). The van der Waals surface area contributed by atoms with Gasteiger partial charge in [-0.25, -0.2) is 4.99 Å². The van der Waals surface area contributed by atoms with Crippen LogP contribution in [0.5, 0.6) is 0 Å². The van der Waals surface area contributed by atoms with Crippen LogP contribution in [0.15, 0.2) is 53.5 Å². The lowest BCUT2D eigenvalue weighted by Crippen LogP contribution is -2.36. The largest absolute Gasteiger partial charge is 0.490 e. The maximum Gasteiger partial charge on any atom is 0.490 e. The van der Waals surface area contributed by atoms with E-state index in [2.05, 4.69) is 37.9 Å². The predicted molar refractivity (Wildman–Crippen MR) is 96.4 cm³/mol. The Hall–Kier alpha value is -2.31. The van der Waals surface area contributed by atoms with Crippen LogP contribution in [0, 0.1) is 0 Å². The van der Waals surface area contributed by atoms with E-state index in [1.54, 1.807) is 23.3 Å². The fourth-order valence-electron chi connectivity index (χ4n) is 2.61. The van der Waals surface area contributed by atoms with E-state index in [1.165, 1.54) is 5.56 Å². The van der Waals surface area contributed by atoms with Crippen molar-refractivity contribution in [3.63, 3.8) is 0 Å². The molecule has 1 heterocycles. The summed E-state index contributed by atoms with van der Waals surface area (Å²) in [6.45, 7) is 6.82. The van der Waals surface area contributed by atoms with Crippen molar-refractivity contribution >= 4 is 24.2 Å². The molecule has 24 heavy (non-hydrogen) atoms. The molecule has 0 aromatic heterocycles.